The molecule has 0 aromatic carbocycles. The molecule has 0 amide bonds. The lowest BCUT2D eigenvalue weighted by atomic mass is 10.2. The van der Waals surface area contributed by atoms with E-state index in [1.54, 1.807) is 6.20 Å². The van der Waals surface area contributed by atoms with Gasteiger partial charge in [-0.1, -0.05) is 18.5 Å². The van der Waals surface area contributed by atoms with Crippen molar-refractivity contribution in [3.05, 3.63) is 28.7 Å². The number of aryl methyl sites for hydroxylation is 1. The molecular weight excluding hydrogens is 224 g/mol. The van der Waals surface area contributed by atoms with Gasteiger partial charge in [0.1, 0.15) is 10.8 Å². The SMILES string of the molecule is CCc1cnn2c(Cl)cc(C(F)F)nc12. The van der Waals surface area contributed by atoms with Gasteiger partial charge in [-0.2, -0.15) is 5.10 Å². The molecule has 0 aliphatic heterocycles. The Labute approximate surface area is 89.7 Å². The first-order valence-corrected chi connectivity index (χ1v) is 4.82. The van der Waals surface area contributed by atoms with Gasteiger partial charge in [-0.3, -0.25) is 0 Å². The van der Waals surface area contributed by atoms with Crippen LogP contribution in [0, 0.1) is 0 Å². The van der Waals surface area contributed by atoms with Gasteiger partial charge in [0, 0.05) is 11.6 Å². The maximum absolute atomic E-state index is 12.5. The van der Waals surface area contributed by atoms with E-state index in [-0.39, 0.29) is 10.8 Å². The third-order valence-corrected chi connectivity index (χ3v) is 2.39. The highest BCUT2D eigenvalue weighted by Gasteiger charge is 2.14. The van der Waals surface area contributed by atoms with Gasteiger partial charge >= 0.3 is 0 Å². The smallest absolute Gasteiger partial charge is 0.227 e. The van der Waals surface area contributed by atoms with Crippen molar-refractivity contribution in [3.8, 4) is 0 Å². The summed E-state index contributed by atoms with van der Waals surface area (Å²) in [4.78, 5) is 3.83. The Hall–Kier alpha value is -1.23. The number of hydrogen-bond donors (Lipinski definition) is 0. The van der Waals surface area contributed by atoms with E-state index in [2.05, 4.69) is 10.1 Å². The van der Waals surface area contributed by atoms with E-state index in [0.717, 1.165) is 11.6 Å². The summed E-state index contributed by atoms with van der Waals surface area (Å²) in [5.41, 5.74) is 0.891. The highest BCUT2D eigenvalue weighted by Crippen LogP contribution is 2.22. The van der Waals surface area contributed by atoms with Gasteiger partial charge in [0.25, 0.3) is 6.43 Å². The number of alkyl halides is 2. The fourth-order valence-corrected chi connectivity index (χ4v) is 1.59. The molecule has 0 fully saturated rings. The minimum absolute atomic E-state index is 0.148. The maximum atomic E-state index is 12.5. The normalized spacial score (nSPS) is 11.5. The van der Waals surface area contributed by atoms with Crippen LogP contribution in [0.5, 0.6) is 0 Å². The second-order valence-corrected chi connectivity index (χ2v) is 3.45. The summed E-state index contributed by atoms with van der Waals surface area (Å²) >= 11 is 5.80. The number of rotatable bonds is 2. The molecule has 0 aliphatic rings. The Balaban J connectivity index is 2.71. The Bertz CT molecular complexity index is 495. The van der Waals surface area contributed by atoms with Crippen LogP contribution in [0.2, 0.25) is 5.15 Å². The van der Waals surface area contributed by atoms with Crippen LogP contribution in [-0.4, -0.2) is 14.6 Å². The molecule has 2 aromatic rings. The zero-order valence-corrected chi connectivity index (χ0v) is 8.67. The van der Waals surface area contributed by atoms with E-state index in [1.165, 1.54) is 4.52 Å². The molecule has 15 heavy (non-hydrogen) atoms. The Kier molecular flexibility index (Phi) is 2.56. The average Bonchev–Trinajstić information content (AvgIpc) is 2.60. The van der Waals surface area contributed by atoms with Crippen molar-refractivity contribution in [2.75, 3.05) is 0 Å². The summed E-state index contributed by atoms with van der Waals surface area (Å²) in [6.07, 6.45) is -0.352. The first kappa shape index (κ1) is 10.3. The molecule has 0 saturated carbocycles. The van der Waals surface area contributed by atoms with Crippen molar-refractivity contribution in [1.82, 2.24) is 14.6 Å². The molecule has 0 radical (unpaired) electrons. The molecule has 0 unspecified atom stereocenters. The molecule has 0 atom stereocenters. The molecule has 0 bridgehead atoms. The molecule has 0 spiro atoms. The van der Waals surface area contributed by atoms with Crippen LogP contribution in [0.3, 0.4) is 0 Å². The molecule has 80 valence electrons. The fourth-order valence-electron chi connectivity index (χ4n) is 1.35. The zero-order chi connectivity index (χ0) is 11.0. The van der Waals surface area contributed by atoms with Crippen LogP contribution in [-0.2, 0) is 6.42 Å². The van der Waals surface area contributed by atoms with Gasteiger partial charge < -0.3 is 0 Å². The summed E-state index contributed by atoms with van der Waals surface area (Å²) < 4.78 is 26.3. The Morgan fingerprint density at radius 3 is 2.87 bits per heavy atom. The first-order chi connectivity index (χ1) is 7.13. The molecule has 2 aromatic heterocycles. The summed E-state index contributed by atoms with van der Waals surface area (Å²) in [6, 6.07) is 1.13. The quantitative estimate of drug-likeness (QED) is 0.744. The predicted molar refractivity (Wildman–Crippen MR) is 52.3 cm³/mol. The lowest BCUT2D eigenvalue weighted by Crippen LogP contribution is -1.98. The second kappa shape index (κ2) is 3.73. The minimum atomic E-state index is -2.62. The van der Waals surface area contributed by atoms with Crippen molar-refractivity contribution in [1.29, 1.82) is 0 Å². The molecule has 3 nitrogen and oxygen atoms in total. The van der Waals surface area contributed by atoms with Crippen molar-refractivity contribution < 1.29 is 8.78 Å². The lowest BCUT2D eigenvalue weighted by molar-refractivity contribution is 0.146. The molecule has 2 rings (SSSR count). The van der Waals surface area contributed by atoms with Gasteiger partial charge in [0.15, 0.2) is 5.65 Å². The van der Waals surface area contributed by atoms with Gasteiger partial charge in [0.2, 0.25) is 0 Å². The number of nitrogens with zero attached hydrogens (tertiary/aromatic N) is 3. The van der Waals surface area contributed by atoms with Crippen LogP contribution in [0.15, 0.2) is 12.3 Å². The van der Waals surface area contributed by atoms with E-state index >= 15 is 0 Å². The van der Waals surface area contributed by atoms with Crippen LogP contribution >= 0.6 is 11.6 Å². The molecule has 0 N–H and O–H groups in total. The summed E-state index contributed by atoms with van der Waals surface area (Å²) in [7, 11) is 0. The van der Waals surface area contributed by atoms with E-state index in [1.807, 2.05) is 6.92 Å². The summed E-state index contributed by atoms with van der Waals surface area (Å²) in [6.45, 7) is 1.90. The molecule has 0 saturated heterocycles. The Morgan fingerprint density at radius 2 is 2.27 bits per heavy atom. The predicted octanol–water partition coefficient (Wildman–Crippen LogP) is 2.88. The van der Waals surface area contributed by atoms with Crippen LogP contribution < -0.4 is 0 Å². The van der Waals surface area contributed by atoms with Gasteiger partial charge in [-0.15, -0.1) is 0 Å². The van der Waals surface area contributed by atoms with E-state index in [9.17, 15) is 8.78 Å². The number of hydrogen-bond acceptors (Lipinski definition) is 2. The van der Waals surface area contributed by atoms with E-state index in [0.29, 0.717) is 12.1 Å². The number of fused-ring (bicyclic) bond motifs is 1. The Morgan fingerprint density at radius 1 is 1.53 bits per heavy atom. The average molecular weight is 232 g/mol. The summed E-state index contributed by atoms with van der Waals surface area (Å²) in [5, 5.41) is 4.11. The number of halogens is 3. The minimum Gasteiger partial charge on any atom is -0.227 e. The van der Waals surface area contributed by atoms with Gasteiger partial charge in [0.05, 0.1) is 6.20 Å². The standard InChI is InChI=1S/C9H8ClF2N3/c1-2-5-4-13-15-7(10)3-6(8(11)12)14-9(5)15/h3-4,8H,2H2,1H3. The van der Waals surface area contributed by atoms with Gasteiger partial charge in [-0.05, 0) is 6.42 Å². The first-order valence-electron chi connectivity index (χ1n) is 4.44. The van der Waals surface area contributed by atoms with Crippen LogP contribution in [0.1, 0.15) is 24.6 Å². The molecular formula is C9H8ClF2N3. The molecule has 0 aliphatic carbocycles. The third kappa shape index (κ3) is 1.67. The molecule has 6 heteroatoms. The lowest BCUT2D eigenvalue weighted by Gasteiger charge is -2.02. The van der Waals surface area contributed by atoms with Crippen LogP contribution in [0.4, 0.5) is 8.78 Å². The zero-order valence-electron chi connectivity index (χ0n) is 7.91. The topological polar surface area (TPSA) is 30.2 Å². The highest BCUT2D eigenvalue weighted by atomic mass is 35.5. The molecule has 2 heterocycles. The number of aromatic nitrogens is 3. The third-order valence-electron chi connectivity index (χ3n) is 2.13. The summed E-state index contributed by atoms with van der Waals surface area (Å²) in [5.74, 6) is 0. The largest absolute Gasteiger partial charge is 0.280 e. The second-order valence-electron chi connectivity index (χ2n) is 3.06. The fraction of sp³-hybridized carbons (Fsp3) is 0.333. The van der Waals surface area contributed by atoms with Crippen LogP contribution in [0.25, 0.3) is 5.65 Å². The van der Waals surface area contributed by atoms with E-state index in [4.69, 9.17) is 11.6 Å². The highest BCUT2D eigenvalue weighted by molar-refractivity contribution is 6.29. The monoisotopic (exact) mass is 231 g/mol. The van der Waals surface area contributed by atoms with Crippen molar-refractivity contribution >= 4 is 17.2 Å². The van der Waals surface area contributed by atoms with Gasteiger partial charge in [-0.25, -0.2) is 18.3 Å². The van der Waals surface area contributed by atoms with E-state index < -0.39 is 6.43 Å². The van der Waals surface area contributed by atoms with Crippen molar-refractivity contribution in [2.24, 2.45) is 0 Å². The van der Waals surface area contributed by atoms with Crippen molar-refractivity contribution in [2.45, 2.75) is 19.8 Å². The maximum Gasteiger partial charge on any atom is 0.280 e. The van der Waals surface area contributed by atoms with Crippen molar-refractivity contribution in [3.63, 3.8) is 0 Å².